The van der Waals surface area contributed by atoms with Crippen LogP contribution in [0, 0.1) is 17.5 Å². The summed E-state index contributed by atoms with van der Waals surface area (Å²) >= 11 is 9.26. The number of H-pyrrole nitrogens is 2. The number of aliphatic hydroxyl groups excluding tert-OH is 1. The average Bonchev–Trinajstić information content (AvgIpc) is 1.67. The Hall–Kier alpha value is -10.6. The monoisotopic (exact) mass is 1810 g/mol. The molecule has 14 rings (SSSR count). The highest BCUT2D eigenvalue weighted by Gasteiger charge is 2.25. The first kappa shape index (κ1) is 93.5. The van der Waals surface area contributed by atoms with Gasteiger partial charge in [0.15, 0.2) is 0 Å². The maximum absolute atomic E-state index is 13.2. The minimum absolute atomic E-state index is 0.0463. The first-order valence-corrected chi connectivity index (χ1v) is 39.7. The van der Waals surface area contributed by atoms with E-state index in [0.29, 0.717) is 72.0 Å². The summed E-state index contributed by atoms with van der Waals surface area (Å²) in [7, 11) is 2.43. The number of pyridine rings is 5. The summed E-state index contributed by atoms with van der Waals surface area (Å²) in [4.78, 5) is 108. The molecule has 4 aliphatic carbocycles. The Morgan fingerprint density at radius 1 is 0.479 bits per heavy atom. The van der Waals surface area contributed by atoms with Crippen molar-refractivity contribution in [3.05, 3.63) is 249 Å². The SMILES string of the molecule is COC(=O)c1c[nH]c(=O)c(Br)c1.COC(=O)c1cnc(OC2CCCC2)c(-c2ccc(F)cc2)c1.COC(=O)c1cnc(OC2CCCC2)c(Br)c1.O=C(O)c1c[nH]c(=O)c(Br)c1.O=C(O)c1cnc(OC2CCCC2)c(-c2ccc(F)cc2)c1.O=C(OCc1ccccc1)N1CCNCC1.OB(O)c1ccc(F)cc1.OC1CCCC1. The molecule has 5 aliphatic rings. The van der Waals surface area contributed by atoms with E-state index in [4.69, 9.17) is 49.1 Å². The van der Waals surface area contributed by atoms with Gasteiger partial charge in [-0.25, -0.2) is 56.9 Å². The lowest BCUT2D eigenvalue weighted by molar-refractivity contribution is 0.0591. The zero-order valence-corrected chi connectivity index (χ0v) is 69.0. The van der Waals surface area contributed by atoms with Gasteiger partial charge in [0.25, 0.3) is 11.1 Å². The lowest BCUT2D eigenvalue weighted by Gasteiger charge is -2.26. The predicted molar refractivity (Wildman–Crippen MR) is 439 cm³/mol. The fourth-order valence-corrected chi connectivity index (χ4v) is 13.0. The van der Waals surface area contributed by atoms with Crippen molar-refractivity contribution in [2.45, 2.75) is 134 Å². The molecular formula is C83H90BBr3F3N7O20. The van der Waals surface area contributed by atoms with Crippen LogP contribution in [0.2, 0.25) is 0 Å². The second kappa shape index (κ2) is 49.5. The van der Waals surface area contributed by atoms with E-state index >= 15 is 0 Å². The molecule has 0 spiro atoms. The van der Waals surface area contributed by atoms with Gasteiger partial charge in [-0.2, -0.15) is 0 Å². The Kier molecular flexibility index (Phi) is 39.5. The number of hydrogen-bond acceptors (Lipinski definition) is 22. The van der Waals surface area contributed by atoms with E-state index in [0.717, 1.165) is 121 Å². The lowest BCUT2D eigenvalue weighted by Crippen LogP contribution is -2.46. The largest absolute Gasteiger partial charge is 0.488 e. The molecule has 4 saturated carbocycles. The van der Waals surface area contributed by atoms with Crippen LogP contribution in [-0.4, -0.2) is 170 Å². The number of halogens is 6. The first-order valence-electron chi connectivity index (χ1n) is 37.3. The van der Waals surface area contributed by atoms with Gasteiger partial charge < -0.3 is 78.7 Å². The number of nitrogens with zero attached hydrogens (tertiary/aromatic N) is 4. The number of aromatic amines is 2. The van der Waals surface area contributed by atoms with Gasteiger partial charge >= 0.3 is 43.1 Å². The van der Waals surface area contributed by atoms with Crippen LogP contribution in [-0.2, 0) is 25.6 Å². The molecule has 6 heterocycles. The Bertz CT molecular complexity index is 4780. The Morgan fingerprint density at radius 3 is 1.25 bits per heavy atom. The molecule has 1 amide bonds. The number of ether oxygens (including phenoxy) is 7. The van der Waals surface area contributed by atoms with Crippen molar-refractivity contribution in [2.24, 2.45) is 0 Å². The number of carboxylic acids is 2. The number of benzene rings is 4. The minimum atomic E-state index is -1.51. The topological polar surface area (TPSA) is 388 Å². The van der Waals surface area contributed by atoms with Gasteiger partial charge in [-0.15, -0.1) is 0 Å². The Morgan fingerprint density at radius 2 is 0.846 bits per heavy atom. The maximum Gasteiger partial charge on any atom is 0.488 e. The molecule has 1 aliphatic heterocycles. The lowest BCUT2D eigenvalue weighted by atomic mass is 9.80. The molecule has 5 fully saturated rings. The van der Waals surface area contributed by atoms with Crippen LogP contribution < -0.4 is 36.1 Å². The first-order chi connectivity index (χ1) is 56.2. The van der Waals surface area contributed by atoms with Crippen LogP contribution >= 0.6 is 47.8 Å². The normalized spacial score (nSPS) is 14.2. The zero-order chi connectivity index (χ0) is 84.8. The van der Waals surface area contributed by atoms with Gasteiger partial charge in [0.1, 0.15) is 42.4 Å². The molecule has 9 aromatic rings. The molecule has 34 heteroatoms. The molecule has 4 aromatic carbocycles. The third-order valence-corrected chi connectivity index (χ3v) is 19.9. The van der Waals surface area contributed by atoms with Gasteiger partial charge in [-0.05, 0) is 227 Å². The molecule has 0 atom stereocenters. The van der Waals surface area contributed by atoms with Crippen molar-refractivity contribution in [3.8, 4) is 39.9 Å². The molecule has 0 unspecified atom stereocenters. The summed E-state index contributed by atoms with van der Waals surface area (Å²) in [6.45, 7) is 3.51. The second-order valence-corrected chi connectivity index (χ2v) is 29.2. The van der Waals surface area contributed by atoms with E-state index in [9.17, 15) is 51.5 Å². The van der Waals surface area contributed by atoms with Crippen LogP contribution in [0.4, 0.5) is 18.0 Å². The number of aromatic nitrogens is 5. The van der Waals surface area contributed by atoms with Gasteiger partial charge in [0.05, 0.1) is 68.7 Å². The highest BCUT2D eigenvalue weighted by molar-refractivity contribution is 9.11. The fraction of sp³-hybridized carbons (Fsp3) is 0.337. The molecule has 5 aromatic heterocycles. The van der Waals surface area contributed by atoms with E-state index in [1.165, 1.54) is 139 Å². The van der Waals surface area contributed by atoms with Gasteiger partial charge in [-0.3, -0.25) is 9.59 Å². The van der Waals surface area contributed by atoms with Gasteiger partial charge in [0.2, 0.25) is 17.6 Å². The number of rotatable bonds is 16. The summed E-state index contributed by atoms with van der Waals surface area (Å²) < 4.78 is 76.4. The van der Waals surface area contributed by atoms with E-state index in [2.05, 4.69) is 87.5 Å². The number of aliphatic hydroxyl groups is 1. The third-order valence-electron chi connectivity index (χ3n) is 18.1. The number of carbonyl (C=O) groups is 6. The van der Waals surface area contributed by atoms with Gasteiger partial charge in [-0.1, -0.05) is 79.6 Å². The number of piperazine rings is 1. The molecule has 0 radical (unpaired) electrons. The number of esters is 3. The average molecular weight is 1810 g/mol. The number of nitrogens with one attached hydrogen (secondary N) is 3. The van der Waals surface area contributed by atoms with Crippen molar-refractivity contribution in [2.75, 3.05) is 47.5 Å². The molecule has 117 heavy (non-hydrogen) atoms. The van der Waals surface area contributed by atoms with Crippen molar-refractivity contribution < 1.29 is 100 Å². The molecule has 622 valence electrons. The standard InChI is InChI=1S/C18H18FNO3.C17H16FNO3.C12H14BrNO3.C12H16N2O2.C7H6BrNO3.C6H6BFO2.C6H4BrNO3.C5H10O/c1-22-18(21)13-10-16(12-6-8-14(19)9-7-12)17(20-11-13)23-15-4-2-3-5-15;18-13-7-5-11(6-8-13)15-9-12(17(20)21)10-19-16(15)22-14-3-1-2-4-14;1-16-12(15)8-6-10(13)11(14-7-8)17-9-4-2-3-5-9;15-12(14-8-6-13-7-9-14)16-10-11-4-2-1-3-5-11;1-12-7(11)4-2-5(8)6(10)9-3-4;8-6-3-1-5(2-4-6)7(9)10;7-4-1-3(6(10)11)2-8-5(4)9;6-5-3-1-2-4-5/h6-11,15H,2-5H2,1H3;5-10,14H,1-4H2,(H,20,21);6-7,9H,2-5H2,1H3;1-5,13H,6-10H2;2-3H,1H3,(H,9,10);1-4,9-10H;1-2H,(H,8,9)(H,10,11);5-6H,1-4H2. The van der Waals surface area contributed by atoms with Crippen molar-refractivity contribution >= 4 is 96.3 Å². The number of methoxy groups -OCH3 is 3. The van der Waals surface area contributed by atoms with Crippen LogP contribution in [0.5, 0.6) is 17.6 Å². The maximum atomic E-state index is 13.2. The quantitative estimate of drug-likeness (QED) is 0.0253. The summed E-state index contributed by atoms with van der Waals surface area (Å²) in [5, 5.41) is 46.6. The number of carboxylic acid groups (broad SMARTS) is 2. The Balaban J connectivity index is 0.000000189. The highest BCUT2D eigenvalue weighted by atomic mass is 79.9. The molecular weight excluding hydrogens is 1720 g/mol. The smallest absolute Gasteiger partial charge is 0.478 e. The van der Waals surface area contributed by atoms with Crippen molar-refractivity contribution in [1.82, 2.24) is 35.1 Å². The van der Waals surface area contributed by atoms with Crippen LogP contribution in [0.1, 0.15) is 160 Å². The zero-order valence-electron chi connectivity index (χ0n) is 64.2. The van der Waals surface area contributed by atoms with Crippen LogP contribution in [0.3, 0.4) is 0 Å². The van der Waals surface area contributed by atoms with E-state index in [1.54, 1.807) is 41.3 Å². The Labute approximate surface area is 698 Å². The molecule has 8 N–H and O–H groups in total. The molecule has 0 bridgehead atoms. The summed E-state index contributed by atoms with van der Waals surface area (Å²) in [6, 6.07) is 34.1. The number of aromatic carboxylic acids is 2. The van der Waals surface area contributed by atoms with Crippen LogP contribution in [0.25, 0.3) is 22.3 Å². The van der Waals surface area contributed by atoms with Crippen molar-refractivity contribution in [3.63, 3.8) is 0 Å². The summed E-state index contributed by atoms with van der Waals surface area (Å²) in [5.41, 5.74) is 4.57. The third kappa shape index (κ3) is 32.1. The van der Waals surface area contributed by atoms with E-state index in [-0.39, 0.29) is 74.7 Å². The second-order valence-electron chi connectivity index (χ2n) is 26.6. The number of amides is 1. The fourth-order valence-electron chi connectivity index (χ4n) is 11.8. The molecule has 27 nitrogen and oxygen atoms in total. The predicted octanol–water partition coefficient (Wildman–Crippen LogP) is 14.3. The van der Waals surface area contributed by atoms with Gasteiger partial charge in [0, 0.05) is 68.3 Å². The number of hydrogen-bond donors (Lipinski definition) is 8. The minimum Gasteiger partial charge on any atom is -0.478 e. The van der Waals surface area contributed by atoms with E-state index < -0.39 is 37.0 Å². The van der Waals surface area contributed by atoms with Crippen molar-refractivity contribution in [1.29, 1.82) is 0 Å². The molecule has 1 saturated heterocycles. The summed E-state index contributed by atoms with van der Waals surface area (Å²) in [6.07, 6.45) is 24.7. The van der Waals surface area contributed by atoms with Crippen LogP contribution in [0.15, 0.2) is 187 Å². The number of carbonyl (C=O) groups excluding carboxylic acids is 4. The van der Waals surface area contributed by atoms with E-state index in [1.807, 2.05) is 30.3 Å². The summed E-state index contributed by atoms with van der Waals surface area (Å²) in [5.74, 6) is -3.09. The highest BCUT2D eigenvalue weighted by Crippen LogP contribution is 2.35.